The Balaban J connectivity index is 1.99. The quantitative estimate of drug-likeness (QED) is 0.824. The summed E-state index contributed by atoms with van der Waals surface area (Å²) in [4.78, 5) is 6.46. The Bertz CT molecular complexity index is 339. The monoisotopic (exact) mass is 229 g/mol. The second-order valence-corrected chi connectivity index (χ2v) is 4.47. The molecule has 1 aliphatic rings. The number of hydrogen-bond donors (Lipinski definition) is 1. The van der Waals surface area contributed by atoms with E-state index in [0.717, 1.165) is 38.3 Å². The van der Waals surface area contributed by atoms with Crippen molar-refractivity contribution in [1.82, 2.24) is 14.5 Å². The van der Waals surface area contributed by atoms with Crippen LogP contribution in [-0.2, 0) is 13.6 Å². The lowest BCUT2D eigenvalue weighted by molar-refractivity contribution is 0.0651. The molecule has 1 N–H and O–H groups in total. The molecule has 0 aromatic carbocycles. The van der Waals surface area contributed by atoms with E-state index in [-0.39, 0.29) is 6.10 Å². The van der Waals surface area contributed by atoms with E-state index in [2.05, 4.69) is 9.88 Å². The van der Waals surface area contributed by atoms with Crippen molar-refractivity contribution < 1.29 is 5.11 Å². The summed E-state index contributed by atoms with van der Waals surface area (Å²) in [6, 6.07) is 0. The molecule has 15 heavy (non-hydrogen) atoms. The van der Waals surface area contributed by atoms with Crippen LogP contribution in [0.15, 0.2) is 6.20 Å². The number of hydrogen-bond acceptors (Lipinski definition) is 3. The third-order valence-corrected chi connectivity index (χ3v) is 3.22. The lowest BCUT2D eigenvalue weighted by Gasteiger charge is -2.29. The predicted molar refractivity (Wildman–Crippen MR) is 58.7 cm³/mol. The summed E-state index contributed by atoms with van der Waals surface area (Å²) in [6.45, 7) is 2.53. The highest BCUT2D eigenvalue weighted by Gasteiger charge is 2.19. The smallest absolute Gasteiger partial charge is 0.128 e. The molecule has 1 saturated heterocycles. The van der Waals surface area contributed by atoms with Gasteiger partial charge in [0.05, 0.1) is 18.8 Å². The zero-order valence-corrected chi connectivity index (χ0v) is 9.61. The molecule has 2 rings (SSSR count). The van der Waals surface area contributed by atoms with Crippen LogP contribution in [0.4, 0.5) is 0 Å². The topological polar surface area (TPSA) is 41.3 Å². The average molecular weight is 230 g/mol. The number of imidazole rings is 1. The molecule has 0 spiro atoms. The van der Waals surface area contributed by atoms with E-state index in [1.54, 1.807) is 6.20 Å². The Hall–Kier alpha value is -0.580. The number of rotatable bonds is 2. The van der Waals surface area contributed by atoms with Crippen LogP contribution in [0.5, 0.6) is 0 Å². The number of aromatic nitrogens is 2. The first-order chi connectivity index (χ1) is 7.16. The van der Waals surface area contributed by atoms with Gasteiger partial charge in [-0.05, 0) is 19.4 Å². The van der Waals surface area contributed by atoms with Gasteiger partial charge < -0.3 is 9.67 Å². The number of halogens is 1. The van der Waals surface area contributed by atoms with E-state index in [1.807, 2.05) is 11.6 Å². The fourth-order valence-corrected chi connectivity index (χ4v) is 2.09. The molecule has 0 unspecified atom stereocenters. The SMILES string of the molecule is Cn1c(Cl)cnc1CN1CCC[C@H](O)C1. The highest BCUT2D eigenvalue weighted by molar-refractivity contribution is 6.29. The normalized spacial score (nSPS) is 23.3. The Labute approximate surface area is 94.5 Å². The van der Waals surface area contributed by atoms with Crippen LogP contribution in [0.1, 0.15) is 18.7 Å². The molecule has 1 aromatic heterocycles. The maximum Gasteiger partial charge on any atom is 0.128 e. The molecule has 84 valence electrons. The third kappa shape index (κ3) is 2.51. The van der Waals surface area contributed by atoms with E-state index in [9.17, 15) is 5.11 Å². The lowest BCUT2D eigenvalue weighted by Crippen LogP contribution is -2.38. The summed E-state index contributed by atoms with van der Waals surface area (Å²) in [5.41, 5.74) is 0. The zero-order chi connectivity index (χ0) is 10.8. The van der Waals surface area contributed by atoms with Gasteiger partial charge in [0, 0.05) is 13.6 Å². The molecule has 0 saturated carbocycles. The Morgan fingerprint density at radius 1 is 1.67 bits per heavy atom. The first kappa shape index (κ1) is 10.9. The zero-order valence-electron chi connectivity index (χ0n) is 8.86. The highest BCUT2D eigenvalue weighted by Crippen LogP contribution is 2.15. The van der Waals surface area contributed by atoms with Crippen LogP contribution in [0.25, 0.3) is 0 Å². The molecule has 5 heteroatoms. The molecule has 1 fully saturated rings. The predicted octanol–water partition coefficient (Wildman–Crippen LogP) is 1.03. The van der Waals surface area contributed by atoms with Crippen molar-refractivity contribution in [3.05, 3.63) is 17.2 Å². The van der Waals surface area contributed by atoms with Gasteiger partial charge in [-0.3, -0.25) is 4.90 Å². The second-order valence-electron chi connectivity index (χ2n) is 4.09. The Kier molecular flexibility index (Phi) is 3.29. The first-order valence-corrected chi connectivity index (χ1v) is 5.61. The van der Waals surface area contributed by atoms with Gasteiger partial charge in [-0.15, -0.1) is 0 Å². The summed E-state index contributed by atoms with van der Waals surface area (Å²) in [6.07, 6.45) is 3.45. The number of piperidine rings is 1. The van der Waals surface area contributed by atoms with E-state index in [1.165, 1.54) is 0 Å². The second kappa shape index (κ2) is 4.51. The van der Waals surface area contributed by atoms with Gasteiger partial charge in [-0.2, -0.15) is 0 Å². The molecule has 1 aromatic rings. The lowest BCUT2D eigenvalue weighted by atomic mass is 10.1. The number of likely N-dealkylation sites (tertiary alicyclic amines) is 1. The van der Waals surface area contributed by atoms with Crippen molar-refractivity contribution in [3.8, 4) is 0 Å². The molecule has 0 bridgehead atoms. The molecule has 1 aliphatic heterocycles. The van der Waals surface area contributed by atoms with Gasteiger partial charge in [0.1, 0.15) is 11.0 Å². The summed E-state index contributed by atoms with van der Waals surface area (Å²) in [7, 11) is 1.91. The number of nitrogens with zero attached hydrogens (tertiary/aromatic N) is 3. The average Bonchev–Trinajstić information content (AvgIpc) is 2.50. The van der Waals surface area contributed by atoms with Gasteiger partial charge >= 0.3 is 0 Å². The van der Waals surface area contributed by atoms with Crippen LogP contribution in [0.3, 0.4) is 0 Å². The minimum absolute atomic E-state index is 0.186. The molecule has 4 nitrogen and oxygen atoms in total. The van der Waals surface area contributed by atoms with Crippen LogP contribution in [0, 0.1) is 0 Å². The summed E-state index contributed by atoms with van der Waals surface area (Å²) < 4.78 is 1.88. The minimum Gasteiger partial charge on any atom is -0.392 e. The van der Waals surface area contributed by atoms with Crippen molar-refractivity contribution >= 4 is 11.6 Å². The van der Waals surface area contributed by atoms with Gasteiger partial charge in [-0.1, -0.05) is 11.6 Å². The number of aliphatic hydroxyl groups excluding tert-OH is 1. The van der Waals surface area contributed by atoms with Gasteiger partial charge in [0.2, 0.25) is 0 Å². The molecule has 0 aliphatic carbocycles. The fraction of sp³-hybridized carbons (Fsp3) is 0.700. The van der Waals surface area contributed by atoms with Crippen LogP contribution in [-0.4, -0.2) is 38.8 Å². The molecule has 0 radical (unpaired) electrons. The summed E-state index contributed by atoms with van der Waals surface area (Å²) in [5, 5.41) is 10.2. The minimum atomic E-state index is -0.186. The van der Waals surface area contributed by atoms with Crippen molar-refractivity contribution in [2.45, 2.75) is 25.5 Å². The van der Waals surface area contributed by atoms with Crippen molar-refractivity contribution in [1.29, 1.82) is 0 Å². The molecule has 0 amide bonds. The molecule has 2 heterocycles. The van der Waals surface area contributed by atoms with Crippen molar-refractivity contribution in [3.63, 3.8) is 0 Å². The maximum absolute atomic E-state index is 9.54. The Morgan fingerprint density at radius 3 is 3.07 bits per heavy atom. The van der Waals surface area contributed by atoms with E-state index < -0.39 is 0 Å². The Morgan fingerprint density at radius 2 is 2.47 bits per heavy atom. The van der Waals surface area contributed by atoms with Crippen LogP contribution in [0.2, 0.25) is 5.15 Å². The molecular formula is C10H16ClN3O. The van der Waals surface area contributed by atoms with E-state index in [0.29, 0.717) is 5.15 Å². The number of aliphatic hydroxyl groups is 1. The van der Waals surface area contributed by atoms with Gasteiger partial charge in [0.25, 0.3) is 0 Å². The highest BCUT2D eigenvalue weighted by atomic mass is 35.5. The summed E-state index contributed by atoms with van der Waals surface area (Å²) >= 11 is 5.91. The largest absolute Gasteiger partial charge is 0.392 e. The third-order valence-electron chi connectivity index (χ3n) is 2.87. The van der Waals surface area contributed by atoms with Crippen molar-refractivity contribution in [2.24, 2.45) is 7.05 Å². The maximum atomic E-state index is 9.54. The molecule has 1 atom stereocenters. The van der Waals surface area contributed by atoms with E-state index in [4.69, 9.17) is 11.6 Å². The van der Waals surface area contributed by atoms with Crippen molar-refractivity contribution in [2.75, 3.05) is 13.1 Å². The standard InChI is InChI=1S/C10H16ClN3O/c1-13-9(11)5-12-10(13)7-14-4-2-3-8(15)6-14/h5,8,15H,2-4,6-7H2,1H3/t8-/m0/s1. The number of β-amino-alcohol motifs (C(OH)–C–C–N with tert-alkyl or cyclic N) is 1. The first-order valence-electron chi connectivity index (χ1n) is 5.23. The fourth-order valence-electron chi connectivity index (χ4n) is 1.95. The summed E-state index contributed by atoms with van der Waals surface area (Å²) in [5.74, 6) is 0.953. The molecular weight excluding hydrogens is 214 g/mol. The van der Waals surface area contributed by atoms with E-state index >= 15 is 0 Å². The van der Waals surface area contributed by atoms with Crippen LogP contribution >= 0.6 is 11.6 Å². The van der Waals surface area contributed by atoms with Crippen LogP contribution < -0.4 is 0 Å². The van der Waals surface area contributed by atoms with Gasteiger partial charge in [0.15, 0.2) is 0 Å². The van der Waals surface area contributed by atoms with Gasteiger partial charge in [-0.25, -0.2) is 4.98 Å².